The van der Waals surface area contributed by atoms with E-state index in [1.54, 1.807) is 0 Å². The van der Waals surface area contributed by atoms with Crippen molar-refractivity contribution in [2.75, 3.05) is 24.5 Å². The van der Waals surface area contributed by atoms with Gasteiger partial charge in [-0.25, -0.2) is 0 Å². The Morgan fingerprint density at radius 3 is 1.01 bits per heavy atom. The Labute approximate surface area is 518 Å². The minimum Gasteiger partial charge on any atom is -0.457 e. The molecule has 0 fully saturated rings. The summed E-state index contributed by atoms with van der Waals surface area (Å²) in [4.78, 5) is 12.7. The first-order chi connectivity index (χ1) is 43.0. The third-order valence-electron chi connectivity index (χ3n) is 18.2. The molecule has 4 aliphatic rings. The summed E-state index contributed by atoms with van der Waals surface area (Å²) in [5, 5.41) is 0. The fraction of sp³-hybridized carbons (Fsp3) is 0.100. The minimum absolute atomic E-state index is 0.153. The number of para-hydroxylation sites is 9. The molecular formula is C80H65B2N5O. The van der Waals surface area contributed by atoms with Crippen LogP contribution in [0.3, 0.4) is 0 Å². The maximum Gasteiger partial charge on any atom is 0.252 e. The molecule has 4 heterocycles. The summed E-state index contributed by atoms with van der Waals surface area (Å²) in [5.74, 6) is 1.54. The molecule has 0 bridgehead atoms. The molecule has 0 aliphatic carbocycles. The number of nitrogens with zero attached hydrogens (tertiary/aromatic N) is 5. The summed E-state index contributed by atoms with van der Waals surface area (Å²) in [6.45, 7) is 13.7. The van der Waals surface area contributed by atoms with Gasteiger partial charge in [-0.2, -0.15) is 0 Å². The Kier molecular flexibility index (Phi) is 12.4. The van der Waals surface area contributed by atoms with Gasteiger partial charge in [0.25, 0.3) is 13.4 Å². The lowest BCUT2D eigenvalue weighted by Crippen LogP contribution is -2.65. The maximum absolute atomic E-state index is 6.99. The molecule has 16 rings (SSSR count). The van der Waals surface area contributed by atoms with Gasteiger partial charge in [0.05, 0.1) is 5.69 Å². The fourth-order valence-electron chi connectivity index (χ4n) is 14.6. The van der Waals surface area contributed by atoms with Crippen molar-refractivity contribution in [3.63, 3.8) is 0 Å². The number of benzene rings is 12. The van der Waals surface area contributed by atoms with Crippen molar-refractivity contribution in [2.24, 2.45) is 0 Å². The number of fused-ring (bicyclic) bond motifs is 8. The van der Waals surface area contributed by atoms with Crippen LogP contribution in [0.4, 0.5) is 85.3 Å². The maximum atomic E-state index is 6.99. The summed E-state index contributed by atoms with van der Waals surface area (Å²) in [6.07, 6.45) is 0. The molecule has 0 spiro atoms. The number of hydrogen-bond acceptors (Lipinski definition) is 6. The van der Waals surface area contributed by atoms with E-state index in [1.807, 2.05) is 30.3 Å². The predicted molar refractivity (Wildman–Crippen MR) is 373 cm³/mol. The van der Waals surface area contributed by atoms with Crippen molar-refractivity contribution in [3.8, 4) is 11.5 Å². The molecule has 0 unspecified atom stereocenters. The molecule has 12 aromatic rings. The van der Waals surface area contributed by atoms with Crippen LogP contribution in [0.1, 0.15) is 52.7 Å². The summed E-state index contributed by atoms with van der Waals surface area (Å²) in [7, 11) is 0. The van der Waals surface area contributed by atoms with Crippen molar-refractivity contribution < 1.29 is 4.74 Å². The summed E-state index contributed by atoms with van der Waals surface area (Å²) in [5.41, 5.74) is 26.3. The minimum atomic E-state index is -0.181. The monoisotopic (exact) mass is 1130 g/mol. The van der Waals surface area contributed by atoms with E-state index in [1.165, 1.54) is 43.9 Å². The molecule has 0 N–H and O–H groups in total. The normalized spacial score (nSPS) is 13.4. The quantitative estimate of drug-likeness (QED) is 0.134. The highest BCUT2D eigenvalue weighted by molar-refractivity contribution is 7.03. The van der Waals surface area contributed by atoms with Gasteiger partial charge in [0.2, 0.25) is 0 Å². The molecule has 88 heavy (non-hydrogen) atoms. The van der Waals surface area contributed by atoms with Gasteiger partial charge in [0.1, 0.15) is 11.5 Å². The van der Waals surface area contributed by atoms with E-state index in [4.69, 9.17) is 4.74 Å². The molecule has 422 valence electrons. The SMILES string of the molecule is CC(C)(C)c1ccccc1N(c1cc2c3c(c1)N(c1ccccc1)c1cc4c(cc1B3c1ccccc1N2c1ccccc1)B1c2ccccc2N(c2ccccc2)c2cc(Oc3ccccc3)cc(c21)N4c1ccccc1)c1ccccc1C(C)(C)C. The van der Waals surface area contributed by atoms with Gasteiger partial charge in [0, 0.05) is 91.8 Å². The standard InChI is InChI=1S/C80H65B2N5O/c1-79(2,3)61-40-22-26-44-67(61)87(68-45-27-23-41-62(68)80(4,5)6)58-48-73-77-74(49-58)85(56-34-16-9-17-35-56)71-53-72-66(52-65(71)81(77)63-42-24-28-46-69(63)83(73)54-30-12-7-13-31-54)82-64-43-25-29-47-70(64)84(55-32-14-8-15-33-55)75-50-60(88-59-38-20-11-21-39-59)51-76(78(75)82)86(72)57-36-18-10-19-37-57/h7-53H,1-6H3. The van der Waals surface area contributed by atoms with Crippen LogP contribution >= 0.6 is 0 Å². The molecule has 0 atom stereocenters. The average Bonchev–Trinajstić information content (AvgIpc) is 0.696. The second-order valence-electron chi connectivity index (χ2n) is 25.7. The number of hydrogen-bond donors (Lipinski definition) is 0. The van der Waals surface area contributed by atoms with Crippen LogP contribution < -0.4 is 62.0 Å². The Balaban J connectivity index is 1.03. The number of rotatable bonds is 9. The van der Waals surface area contributed by atoms with Gasteiger partial charge in [0.15, 0.2) is 0 Å². The first kappa shape index (κ1) is 53.1. The summed E-state index contributed by atoms with van der Waals surface area (Å²) in [6, 6.07) is 105. The lowest BCUT2D eigenvalue weighted by Gasteiger charge is -2.47. The molecule has 0 saturated heterocycles. The van der Waals surface area contributed by atoms with Gasteiger partial charge in [-0.3, -0.25) is 0 Å². The van der Waals surface area contributed by atoms with E-state index >= 15 is 0 Å². The summed E-state index contributed by atoms with van der Waals surface area (Å²) >= 11 is 0. The lowest BCUT2D eigenvalue weighted by atomic mass is 9.30. The molecular weight excluding hydrogens is 1070 g/mol. The third-order valence-corrected chi connectivity index (χ3v) is 18.2. The van der Waals surface area contributed by atoms with E-state index in [0.29, 0.717) is 0 Å². The molecule has 0 saturated carbocycles. The van der Waals surface area contributed by atoms with E-state index in [-0.39, 0.29) is 24.3 Å². The van der Waals surface area contributed by atoms with Gasteiger partial charge < -0.3 is 29.2 Å². The molecule has 0 amide bonds. The van der Waals surface area contributed by atoms with Crippen molar-refractivity contribution in [3.05, 3.63) is 296 Å². The van der Waals surface area contributed by atoms with Gasteiger partial charge in [-0.15, -0.1) is 0 Å². The van der Waals surface area contributed by atoms with E-state index in [0.717, 1.165) is 96.8 Å². The highest BCUT2D eigenvalue weighted by Gasteiger charge is 2.49. The topological polar surface area (TPSA) is 25.4 Å². The van der Waals surface area contributed by atoms with Gasteiger partial charge in [-0.1, -0.05) is 211 Å². The fourth-order valence-corrected chi connectivity index (χ4v) is 14.6. The second-order valence-corrected chi connectivity index (χ2v) is 25.7. The van der Waals surface area contributed by atoms with E-state index in [9.17, 15) is 0 Å². The molecule has 6 nitrogen and oxygen atoms in total. The molecule has 4 aliphatic heterocycles. The zero-order valence-corrected chi connectivity index (χ0v) is 50.4. The van der Waals surface area contributed by atoms with Crippen LogP contribution in [0.5, 0.6) is 11.5 Å². The second kappa shape index (κ2) is 20.6. The zero-order valence-electron chi connectivity index (χ0n) is 50.4. The highest BCUT2D eigenvalue weighted by Crippen LogP contribution is 2.53. The van der Waals surface area contributed by atoms with E-state index in [2.05, 4.69) is 321 Å². The predicted octanol–water partition coefficient (Wildman–Crippen LogP) is 17.7. The van der Waals surface area contributed by atoms with Crippen LogP contribution in [0.2, 0.25) is 0 Å². The number of anilines is 15. The Morgan fingerprint density at radius 2 is 0.614 bits per heavy atom. The average molecular weight is 1130 g/mol. The molecule has 8 heteroatoms. The number of ether oxygens (including phenoxy) is 1. The van der Waals surface area contributed by atoms with Crippen LogP contribution in [0.15, 0.2) is 285 Å². The first-order valence-corrected chi connectivity index (χ1v) is 30.8. The Hall–Kier alpha value is -10.4. The summed E-state index contributed by atoms with van der Waals surface area (Å²) < 4.78 is 6.99. The first-order valence-electron chi connectivity index (χ1n) is 30.8. The Morgan fingerprint density at radius 1 is 0.284 bits per heavy atom. The largest absolute Gasteiger partial charge is 0.457 e. The van der Waals surface area contributed by atoms with Gasteiger partial charge >= 0.3 is 0 Å². The van der Waals surface area contributed by atoms with Crippen molar-refractivity contribution in [2.45, 2.75) is 52.4 Å². The van der Waals surface area contributed by atoms with Crippen molar-refractivity contribution in [1.29, 1.82) is 0 Å². The molecule has 12 aromatic carbocycles. The van der Waals surface area contributed by atoms with Crippen LogP contribution in [-0.4, -0.2) is 13.4 Å². The molecule has 0 aromatic heterocycles. The van der Waals surface area contributed by atoms with Crippen molar-refractivity contribution in [1.82, 2.24) is 0 Å². The molecule has 0 radical (unpaired) electrons. The van der Waals surface area contributed by atoms with E-state index < -0.39 is 0 Å². The van der Waals surface area contributed by atoms with Crippen LogP contribution in [-0.2, 0) is 10.8 Å². The van der Waals surface area contributed by atoms with Gasteiger partial charge in [-0.05, 0) is 158 Å². The van der Waals surface area contributed by atoms with Crippen molar-refractivity contribution >= 4 is 132 Å². The lowest BCUT2D eigenvalue weighted by molar-refractivity contribution is 0.483. The van der Waals surface area contributed by atoms with Crippen LogP contribution in [0, 0.1) is 0 Å². The third kappa shape index (κ3) is 8.56. The zero-order chi connectivity index (χ0) is 59.4. The highest BCUT2D eigenvalue weighted by atomic mass is 16.5. The smallest absolute Gasteiger partial charge is 0.252 e. The van der Waals surface area contributed by atoms with Crippen LogP contribution in [0.25, 0.3) is 0 Å². The Bertz CT molecular complexity index is 4600.